The number of hydrogen-bond donors (Lipinski definition) is 3. The van der Waals surface area contributed by atoms with Crippen molar-refractivity contribution in [2.75, 3.05) is 11.9 Å². The second-order valence-electron chi connectivity index (χ2n) is 6.08. The zero-order valence-corrected chi connectivity index (χ0v) is 12.1. The summed E-state index contributed by atoms with van der Waals surface area (Å²) in [6.07, 6.45) is 3.45. The Bertz CT molecular complexity index is 585. The number of hydrogen-bond acceptors (Lipinski definition) is 3. The summed E-state index contributed by atoms with van der Waals surface area (Å²) in [5, 5.41) is 15.3. The smallest absolute Gasteiger partial charge is 0.337 e. The number of rotatable bonds is 3. The fourth-order valence-corrected chi connectivity index (χ4v) is 3.63. The molecule has 3 atom stereocenters. The number of carboxylic acids is 1. The Morgan fingerprint density at radius 3 is 2.90 bits per heavy atom. The minimum absolute atomic E-state index is 0.115. The Hall–Kier alpha value is -1.88. The normalized spacial score (nSPS) is 27.4. The number of benzene rings is 1. The molecule has 1 saturated heterocycles. The first-order valence-corrected chi connectivity index (χ1v) is 7.44. The van der Waals surface area contributed by atoms with Gasteiger partial charge in [0.25, 0.3) is 0 Å². The molecule has 5 heteroatoms. The first-order valence-electron chi connectivity index (χ1n) is 7.44. The van der Waals surface area contributed by atoms with Crippen LogP contribution in [0.5, 0.6) is 0 Å². The minimum Gasteiger partial charge on any atom is -0.478 e. The third kappa shape index (κ3) is 2.65. The Kier molecular flexibility index (Phi) is 3.68. The van der Waals surface area contributed by atoms with Crippen LogP contribution in [0.1, 0.15) is 35.2 Å². The molecule has 5 nitrogen and oxygen atoms in total. The zero-order valence-electron chi connectivity index (χ0n) is 12.1. The van der Waals surface area contributed by atoms with Crippen LogP contribution >= 0.6 is 0 Å². The fraction of sp³-hybridized carbons (Fsp3) is 0.500. The Labute approximate surface area is 123 Å². The van der Waals surface area contributed by atoms with Gasteiger partial charge in [0.1, 0.15) is 0 Å². The third-order valence-electron chi connectivity index (χ3n) is 4.69. The van der Waals surface area contributed by atoms with Gasteiger partial charge in [-0.1, -0.05) is 18.1 Å². The van der Waals surface area contributed by atoms with Crippen LogP contribution in [-0.4, -0.2) is 29.6 Å². The maximum Gasteiger partial charge on any atom is 0.337 e. The van der Waals surface area contributed by atoms with E-state index in [1.165, 1.54) is 12.8 Å². The van der Waals surface area contributed by atoms with Gasteiger partial charge in [-0.3, -0.25) is 4.79 Å². The molecule has 0 radical (unpaired) electrons. The lowest BCUT2D eigenvalue weighted by Gasteiger charge is -2.18. The number of anilines is 1. The van der Waals surface area contributed by atoms with Crippen LogP contribution < -0.4 is 10.6 Å². The molecule has 1 aliphatic heterocycles. The molecular formula is C16H20N2O3. The highest BCUT2D eigenvalue weighted by atomic mass is 16.4. The van der Waals surface area contributed by atoms with Gasteiger partial charge in [-0.15, -0.1) is 0 Å². The average molecular weight is 288 g/mol. The Balaban J connectivity index is 1.77. The molecule has 1 heterocycles. The van der Waals surface area contributed by atoms with Crippen molar-refractivity contribution in [3.8, 4) is 0 Å². The van der Waals surface area contributed by atoms with E-state index in [1.54, 1.807) is 12.1 Å². The highest BCUT2D eigenvalue weighted by molar-refractivity contribution is 6.02. The van der Waals surface area contributed by atoms with E-state index < -0.39 is 5.97 Å². The van der Waals surface area contributed by atoms with Crippen molar-refractivity contribution in [3.05, 3.63) is 29.3 Å². The van der Waals surface area contributed by atoms with E-state index in [1.807, 2.05) is 13.0 Å². The second-order valence-corrected chi connectivity index (χ2v) is 6.08. The van der Waals surface area contributed by atoms with Crippen molar-refractivity contribution in [1.82, 2.24) is 5.32 Å². The van der Waals surface area contributed by atoms with Crippen molar-refractivity contribution in [2.45, 2.75) is 32.2 Å². The van der Waals surface area contributed by atoms with E-state index in [-0.39, 0.29) is 17.5 Å². The zero-order chi connectivity index (χ0) is 15.0. The van der Waals surface area contributed by atoms with Crippen LogP contribution in [-0.2, 0) is 4.79 Å². The molecule has 0 spiro atoms. The molecule has 1 amide bonds. The molecule has 3 rings (SSSR count). The highest BCUT2D eigenvalue weighted by Crippen LogP contribution is 2.38. The van der Waals surface area contributed by atoms with E-state index in [0.29, 0.717) is 17.5 Å². The summed E-state index contributed by atoms with van der Waals surface area (Å²) in [6, 6.07) is 4.86. The van der Waals surface area contributed by atoms with Crippen LogP contribution in [0.2, 0.25) is 0 Å². The first kappa shape index (κ1) is 14.1. The van der Waals surface area contributed by atoms with E-state index >= 15 is 0 Å². The van der Waals surface area contributed by atoms with Crippen molar-refractivity contribution in [2.24, 2.45) is 11.8 Å². The molecule has 1 aromatic carbocycles. The van der Waals surface area contributed by atoms with Gasteiger partial charge < -0.3 is 15.7 Å². The lowest BCUT2D eigenvalue weighted by Crippen LogP contribution is -2.40. The van der Waals surface area contributed by atoms with E-state index in [9.17, 15) is 14.7 Å². The number of carbonyl (C=O) groups excluding carboxylic acids is 1. The first-order chi connectivity index (χ1) is 10.1. The molecule has 1 aliphatic carbocycles. The summed E-state index contributed by atoms with van der Waals surface area (Å²) in [7, 11) is 0. The standard InChI is InChI=1S/C16H20N2O3/c1-9-5-6-13(12(7-9)16(20)21)18-15(19)14-11-4-2-3-10(11)8-17-14/h5-7,10-11,14,17H,2-4,8H2,1H3,(H,18,19)(H,20,21). The fourth-order valence-electron chi connectivity index (χ4n) is 3.63. The number of nitrogens with one attached hydrogen (secondary N) is 2. The molecule has 0 bridgehead atoms. The van der Waals surface area contributed by atoms with Gasteiger partial charge in [-0.2, -0.15) is 0 Å². The van der Waals surface area contributed by atoms with Gasteiger partial charge >= 0.3 is 5.97 Å². The molecule has 1 saturated carbocycles. The van der Waals surface area contributed by atoms with Crippen LogP contribution in [0.25, 0.3) is 0 Å². The molecule has 2 fully saturated rings. The third-order valence-corrected chi connectivity index (χ3v) is 4.69. The number of fused-ring (bicyclic) bond motifs is 1. The van der Waals surface area contributed by atoms with E-state index in [4.69, 9.17) is 0 Å². The maximum atomic E-state index is 12.5. The summed E-state index contributed by atoms with van der Waals surface area (Å²) in [5.74, 6) is -0.149. The molecular weight excluding hydrogens is 268 g/mol. The number of carboxylic acid groups (broad SMARTS) is 1. The molecule has 3 unspecified atom stereocenters. The van der Waals surface area contributed by atoms with Gasteiger partial charge in [0.2, 0.25) is 5.91 Å². The average Bonchev–Trinajstić information content (AvgIpc) is 3.02. The van der Waals surface area contributed by atoms with Crippen LogP contribution in [0.3, 0.4) is 0 Å². The molecule has 1 aromatic rings. The SMILES string of the molecule is Cc1ccc(NC(=O)C2NCC3CCCC32)c(C(=O)O)c1. The quantitative estimate of drug-likeness (QED) is 0.795. The van der Waals surface area contributed by atoms with Gasteiger partial charge in [0, 0.05) is 0 Å². The molecule has 112 valence electrons. The molecule has 2 aliphatic rings. The van der Waals surface area contributed by atoms with Crippen LogP contribution in [0.15, 0.2) is 18.2 Å². The number of aryl methyl sites for hydroxylation is 1. The topological polar surface area (TPSA) is 78.4 Å². The van der Waals surface area contributed by atoms with Gasteiger partial charge in [0.05, 0.1) is 17.3 Å². The van der Waals surface area contributed by atoms with Crippen molar-refractivity contribution < 1.29 is 14.7 Å². The van der Waals surface area contributed by atoms with Crippen LogP contribution in [0.4, 0.5) is 5.69 Å². The lowest BCUT2D eigenvalue weighted by atomic mass is 9.93. The van der Waals surface area contributed by atoms with Crippen molar-refractivity contribution in [3.63, 3.8) is 0 Å². The predicted molar refractivity (Wildman–Crippen MR) is 79.4 cm³/mol. The van der Waals surface area contributed by atoms with Crippen molar-refractivity contribution in [1.29, 1.82) is 0 Å². The number of carbonyl (C=O) groups is 2. The monoisotopic (exact) mass is 288 g/mol. The second kappa shape index (κ2) is 5.48. The van der Waals surface area contributed by atoms with Crippen molar-refractivity contribution >= 4 is 17.6 Å². The van der Waals surface area contributed by atoms with Gasteiger partial charge in [-0.25, -0.2) is 4.79 Å². The summed E-state index contributed by atoms with van der Waals surface area (Å²) >= 11 is 0. The van der Waals surface area contributed by atoms with Crippen LogP contribution in [0, 0.1) is 18.8 Å². The summed E-state index contributed by atoms with van der Waals surface area (Å²) < 4.78 is 0. The molecule has 3 N–H and O–H groups in total. The highest BCUT2D eigenvalue weighted by Gasteiger charge is 2.42. The largest absolute Gasteiger partial charge is 0.478 e. The Morgan fingerprint density at radius 1 is 1.33 bits per heavy atom. The predicted octanol–water partition coefficient (Wildman–Crippen LogP) is 2.02. The number of amides is 1. The van der Waals surface area contributed by atoms with Gasteiger partial charge in [-0.05, 0) is 50.3 Å². The van der Waals surface area contributed by atoms with E-state index in [0.717, 1.165) is 18.5 Å². The lowest BCUT2D eigenvalue weighted by molar-refractivity contribution is -0.118. The summed E-state index contributed by atoms with van der Waals surface area (Å²) in [4.78, 5) is 23.7. The maximum absolute atomic E-state index is 12.5. The molecule has 0 aromatic heterocycles. The van der Waals surface area contributed by atoms with Gasteiger partial charge in [0.15, 0.2) is 0 Å². The minimum atomic E-state index is -1.02. The summed E-state index contributed by atoms with van der Waals surface area (Å²) in [5.41, 5.74) is 1.38. The number of aromatic carboxylic acids is 1. The Morgan fingerprint density at radius 2 is 2.14 bits per heavy atom. The molecule has 21 heavy (non-hydrogen) atoms. The van der Waals surface area contributed by atoms with E-state index in [2.05, 4.69) is 10.6 Å². The summed E-state index contributed by atoms with van der Waals surface area (Å²) in [6.45, 7) is 2.72.